The van der Waals surface area contributed by atoms with E-state index in [2.05, 4.69) is 24.6 Å². The summed E-state index contributed by atoms with van der Waals surface area (Å²) >= 11 is 1.72. The van der Waals surface area contributed by atoms with Gasteiger partial charge in [-0.15, -0.1) is 11.3 Å². The van der Waals surface area contributed by atoms with E-state index in [1.807, 2.05) is 0 Å². The van der Waals surface area contributed by atoms with Crippen LogP contribution in [0.2, 0.25) is 0 Å². The van der Waals surface area contributed by atoms with Gasteiger partial charge in [0.1, 0.15) is 5.75 Å². The number of hydrogen-bond acceptors (Lipinski definition) is 2. The molecule has 110 valence electrons. The Bertz CT molecular complexity index is 306. The predicted octanol–water partition coefficient (Wildman–Crippen LogP) is 6.36. The Balaban J connectivity index is 1.80. The molecule has 1 aromatic heterocycles. The van der Waals surface area contributed by atoms with Crippen LogP contribution in [0, 0.1) is 6.92 Å². The van der Waals surface area contributed by atoms with E-state index in [1.54, 1.807) is 11.3 Å². The second kappa shape index (κ2) is 11.3. The number of aryl methyl sites for hydroxylation is 1. The summed E-state index contributed by atoms with van der Waals surface area (Å²) in [6.07, 6.45) is 13.8. The van der Waals surface area contributed by atoms with Crippen LogP contribution < -0.4 is 4.74 Å². The van der Waals surface area contributed by atoms with Gasteiger partial charge in [0.05, 0.1) is 6.61 Å². The van der Waals surface area contributed by atoms with Crippen molar-refractivity contribution in [3.05, 3.63) is 16.3 Å². The van der Waals surface area contributed by atoms with Crippen molar-refractivity contribution in [1.29, 1.82) is 0 Å². The van der Waals surface area contributed by atoms with Gasteiger partial charge in [-0.25, -0.2) is 0 Å². The lowest BCUT2D eigenvalue weighted by Crippen LogP contribution is -1.97. The largest absolute Gasteiger partial charge is 0.492 e. The van der Waals surface area contributed by atoms with Crippen molar-refractivity contribution in [2.24, 2.45) is 0 Å². The second-order valence-electron chi connectivity index (χ2n) is 5.45. The average Bonchev–Trinajstić information content (AvgIpc) is 2.82. The molecular formula is C17H30OS. The first-order valence-electron chi connectivity index (χ1n) is 8.00. The van der Waals surface area contributed by atoms with Crippen LogP contribution in [0.4, 0.5) is 0 Å². The molecule has 1 nitrogen and oxygen atoms in total. The Hall–Kier alpha value is -0.500. The fraction of sp³-hybridized carbons (Fsp3) is 0.765. The molecule has 0 radical (unpaired) electrons. The minimum atomic E-state index is 0.883. The molecule has 2 heteroatoms. The van der Waals surface area contributed by atoms with Crippen LogP contribution in [0.1, 0.15) is 76.7 Å². The van der Waals surface area contributed by atoms with E-state index >= 15 is 0 Å². The van der Waals surface area contributed by atoms with Crippen molar-refractivity contribution >= 4 is 11.3 Å². The van der Waals surface area contributed by atoms with Crippen molar-refractivity contribution < 1.29 is 4.74 Å². The molecule has 0 aliphatic heterocycles. The van der Waals surface area contributed by atoms with Gasteiger partial charge in [-0.1, -0.05) is 64.7 Å². The average molecular weight is 282 g/mol. The molecule has 19 heavy (non-hydrogen) atoms. The van der Waals surface area contributed by atoms with Crippen LogP contribution >= 0.6 is 11.3 Å². The van der Waals surface area contributed by atoms with Crippen molar-refractivity contribution in [1.82, 2.24) is 0 Å². The molecule has 0 fully saturated rings. The molecule has 0 aromatic carbocycles. The van der Waals surface area contributed by atoms with Gasteiger partial charge in [-0.05, 0) is 18.7 Å². The molecule has 1 rings (SSSR count). The molecule has 1 heterocycles. The molecule has 0 saturated carbocycles. The molecule has 1 aromatic rings. The molecule has 0 aliphatic rings. The highest BCUT2D eigenvalue weighted by atomic mass is 32.1. The lowest BCUT2D eigenvalue weighted by Gasteiger charge is -2.05. The zero-order valence-corrected chi connectivity index (χ0v) is 13.6. The molecule has 0 unspecified atom stereocenters. The quantitative estimate of drug-likeness (QED) is 0.405. The highest BCUT2D eigenvalue weighted by Gasteiger charge is 1.99. The zero-order valence-electron chi connectivity index (χ0n) is 12.7. The van der Waals surface area contributed by atoms with Crippen LogP contribution in [0.5, 0.6) is 5.75 Å². The number of hydrogen-bond donors (Lipinski definition) is 0. The molecule has 0 saturated heterocycles. The summed E-state index contributed by atoms with van der Waals surface area (Å²) < 4.78 is 5.76. The third kappa shape index (κ3) is 8.30. The SMILES string of the molecule is CCCCCCCCCCCCOc1cscc1C. The lowest BCUT2D eigenvalue weighted by molar-refractivity contribution is 0.303. The summed E-state index contributed by atoms with van der Waals surface area (Å²) in [6, 6.07) is 0. The zero-order chi connectivity index (χ0) is 13.8. The van der Waals surface area contributed by atoms with E-state index in [1.165, 1.54) is 69.8 Å². The van der Waals surface area contributed by atoms with Crippen molar-refractivity contribution in [3.63, 3.8) is 0 Å². The van der Waals surface area contributed by atoms with E-state index in [-0.39, 0.29) is 0 Å². The minimum Gasteiger partial charge on any atom is -0.492 e. The third-order valence-corrected chi connectivity index (χ3v) is 4.40. The van der Waals surface area contributed by atoms with Gasteiger partial charge in [0, 0.05) is 10.9 Å². The van der Waals surface area contributed by atoms with E-state index in [9.17, 15) is 0 Å². The third-order valence-electron chi connectivity index (χ3n) is 3.56. The van der Waals surface area contributed by atoms with Gasteiger partial charge < -0.3 is 4.74 Å². The summed E-state index contributed by atoms with van der Waals surface area (Å²) in [5, 5.41) is 4.25. The summed E-state index contributed by atoms with van der Waals surface area (Å²) in [5.74, 6) is 1.08. The first-order valence-corrected chi connectivity index (χ1v) is 8.94. The van der Waals surface area contributed by atoms with Crippen LogP contribution in [0.3, 0.4) is 0 Å². The molecule has 0 amide bonds. The fourth-order valence-corrected chi connectivity index (χ4v) is 3.03. The van der Waals surface area contributed by atoms with Crippen LogP contribution in [-0.4, -0.2) is 6.61 Å². The molecule has 0 bridgehead atoms. The molecular weight excluding hydrogens is 252 g/mol. The number of rotatable bonds is 12. The molecule has 0 spiro atoms. The van der Waals surface area contributed by atoms with Gasteiger partial charge in [-0.3, -0.25) is 0 Å². The Morgan fingerprint density at radius 3 is 1.95 bits per heavy atom. The van der Waals surface area contributed by atoms with Crippen molar-refractivity contribution in [2.45, 2.75) is 78.1 Å². The maximum absolute atomic E-state index is 5.76. The van der Waals surface area contributed by atoms with Gasteiger partial charge in [0.25, 0.3) is 0 Å². The van der Waals surface area contributed by atoms with Gasteiger partial charge >= 0.3 is 0 Å². The standard InChI is InChI=1S/C17H30OS/c1-3-4-5-6-7-8-9-10-11-12-13-18-17-15-19-14-16(17)2/h14-15H,3-13H2,1-2H3. The second-order valence-corrected chi connectivity index (χ2v) is 6.19. The Morgan fingerprint density at radius 2 is 1.42 bits per heavy atom. The molecule has 0 N–H and O–H groups in total. The Labute approximate surface area is 123 Å². The Kier molecular flexibility index (Phi) is 9.88. The van der Waals surface area contributed by atoms with E-state index in [4.69, 9.17) is 4.74 Å². The Morgan fingerprint density at radius 1 is 0.842 bits per heavy atom. The molecule has 0 aliphatic carbocycles. The maximum atomic E-state index is 5.76. The lowest BCUT2D eigenvalue weighted by atomic mass is 10.1. The smallest absolute Gasteiger partial charge is 0.132 e. The van der Waals surface area contributed by atoms with Gasteiger partial charge in [0.15, 0.2) is 0 Å². The fourth-order valence-electron chi connectivity index (χ4n) is 2.27. The highest BCUT2D eigenvalue weighted by Crippen LogP contribution is 2.22. The number of unbranched alkanes of at least 4 members (excludes halogenated alkanes) is 9. The first kappa shape index (κ1) is 16.6. The van der Waals surface area contributed by atoms with Gasteiger partial charge in [0.2, 0.25) is 0 Å². The highest BCUT2D eigenvalue weighted by molar-refractivity contribution is 7.08. The normalized spacial score (nSPS) is 10.8. The first-order chi connectivity index (χ1) is 9.34. The van der Waals surface area contributed by atoms with Crippen LogP contribution in [-0.2, 0) is 0 Å². The number of thiophene rings is 1. The number of ether oxygens (including phenoxy) is 1. The van der Waals surface area contributed by atoms with Gasteiger partial charge in [-0.2, -0.15) is 0 Å². The van der Waals surface area contributed by atoms with E-state index in [0.717, 1.165) is 12.4 Å². The summed E-state index contributed by atoms with van der Waals surface area (Å²) in [4.78, 5) is 0. The van der Waals surface area contributed by atoms with Crippen molar-refractivity contribution in [3.8, 4) is 5.75 Å². The summed E-state index contributed by atoms with van der Waals surface area (Å²) in [5.41, 5.74) is 1.28. The monoisotopic (exact) mass is 282 g/mol. The maximum Gasteiger partial charge on any atom is 0.132 e. The van der Waals surface area contributed by atoms with Crippen molar-refractivity contribution in [2.75, 3.05) is 6.61 Å². The summed E-state index contributed by atoms with van der Waals surface area (Å²) in [7, 11) is 0. The van der Waals surface area contributed by atoms with E-state index in [0.29, 0.717) is 0 Å². The van der Waals surface area contributed by atoms with E-state index < -0.39 is 0 Å². The summed E-state index contributed by atoms with van der Waals surface area (Å²) in [6.45, 7) is 5.28. The minimum absolute atomic E-state index is 0.883. The van der Waals surface area contributed by atoms with Crippen LogP contribution in [0.25, 0.3) is 0 Å². The van der Waals surface area contributed by atoms with Crippen LogP contribution in [0.15, 0.2) is 10.8 Å². The topological polar surface area (TPSA) is 9.23 Å². The predicted molar refractivity (Wildman–Crippen MR) is 86.4 cm³/mol. The molecule has 0 atom stereocenters.